The van der Waals surface area contributed by atoms with Gasteiger partial charge in [-0.25, -0.2) is 0 Å². The Morgan fingerprint density at radius 1 is 0.966 bits per heavy atom. The lowest BCUT2D eigenvalue weighted by Gasteiger charge is -2.36. The Hall–Kier alpha value is -1.44. The maximum Gasteiger partial charge on any atom is 0.231 e. The highest BCUT2D eigenvalue weighted by Crippen LogP contribution is 2.48. The van der Waals surface area contributed by atoms with Crippen molar-refractivity contribution in [2.24, 2.45) is 5.73 Å². The van der Waals surface area contributed by atoms with E-state index in [1.54, 1.807) is 0 Å². The zero-order chi connectivity index (χ0) is 19.5. The second-order valence-corrected chi connectivity index (χ2v) is 8.79. The van der Waals surface area contributed by atoms with Crippen LogP contribution in [0, 0.1) is 0 Å². The van der Waals surface area contributed by atoms with Crippen molar-refractivity contribution in [3.63, 3.8) is 0 Å². The second kappa shape index (κ2) is 10.0. The summed E-state index contributed by atoms with van der Waals surface area (Å²) >= 11 is 8.10. The third-order valence-electron chi connectivity index (χ3n) is 5.29. The maximum atomic E-state index is 11.1. The van der Waals surface area contributed by atoms with Gasteiger partial charge in [-0.05, 0) is 43.3 Å². The zero-order valence-electron chi connectivity index (χ0n) is 16.2. The van der Waals surface area contributed by atoms with Crippen LogP contribution in [0.2, 0.25) is 5.02 Å². The van der Waals surface area contributed by atoms with Crippen molar-refractivity contribution in [3.8, 4) is 0 Å². The van der Waals surface area contributed by atoms with Gasteiger partial charge < -0.3 is 15.5 Å². The number of amides is 1. The van der Waals surface area contributed by atoms with Gasteiger partial charge >= 0.3 is 0 Å². The number of primary amides is 1. The number of rotatable bonds is 6. The molecule has 2 aromatic rings. The fraction of sp³-hybridized carbons (Fsp3) is 0.381. The smallest absolute Gasteiger partial charge is 0.231 e. The normalized spacial score (nSPS) is 16.7. The molecule has 1 fully saturated rings. The highest BCUT2D eigenvalue weighted by Gasteiger charge is 2.24. The van der Waals surface area contributed by atoms with E-state index in [1.807, 2.05) is 17.8 Å². The van der Waals surface area contributed by atoms with Gasteiger partial charge in [-0.2, -0.15) is 0 Å². The van der Waals surface area contributed by atoms with Gasteiger partial charge in [0.1, 0.15) is 0 Å². The van der Waals surface area contributed by atoms with E-state index in [2.05, 4.69) is 51.1 Å². The number of fused-ring (bicyclic) bond motifs is 2. The van der Waals surface area contributed by atoms with Gasteiger partial charge in [0.2, 0.25) is 5.91 Å². The van der Waals surface area contributed by atoms with Gasteiger partial charge in [0.15, 0.2) is 0 Å². The molecule has 0 atom stereocenters. The maximum absolute atomic E-state index is 11.1. The Balaban J connectivity index is 0.00000240. The van der Waals surface area contributed by atoms with Crippen LogP contribution in [0.15, 0.2) is 52.3 Å². The summed E-state index contributed by atoms with van der Waals surface area (Å²) in [5.41, 5.74) is 7.75. The molecular weight excluding hydrogens is 427 g/mol. The molecule has 2 N–H and O–H groups in total. The summed E-state index contributed by atoms with van der Waals surface area (Å²) in [5.74, 6) is -0.243. The average Bonchev–Trinajstić information content (AvgIpc) is 2.68. The van der Waals surface area contributed by atoms with Crippen LogP contribution in [0.5, 0.6) is 0 Å². The first-order valence-electron chi connectivity index (χ1n) is 9.67. The number of benzene rings is 2. The SMILES string of the molecule is Cl.NC(=O)CN1CCN(CCCN2c3ccccc3Sc3ccc(Cl)cc32)CC1. The van der Waals surface area contributed by atoms with Crippen LogP contribution in [0.4, 0.5) is 11.4 Å². The highest BCUT2D eigenvalue weighted by molar-refractivity contribution is 7.99. The molecule has 1 saturated heterocycles. The predicted octanol–water partition coefficient (Wildman–Crippen LogP) is 3.86. The molecule has 2 aliphatic heterocycles. The minimum atomic E-state index is -0.243. The van der Waals surface area contributed by atoms with E-state index in [-0.39, 0.29) is 18.3 Å². The summed E-state index contributed by atoms with van der Waals surface area (Å²) < 4.78 is 0. The van der Waals surface area contributed by atoms with Crippen molar-refractivity contribution < 1.29 is 4.79 Å². The number of halogens is 2. The number of nitrogens with zero attached hydrogens (tertiary/aromatic N) is 3. The molecule has 0 saturated carbocycles. The molecule has 0 aliphatic carbocycles. The van der Waals surface area contributed by atoms with E-state index in [4.69, 9.17) is 17.3 Å². The molecule has 0 bridgehead atoms. The molecule has 2 aromatic carbocycles. The fourth-order valence-corrected chi connectivity index (χ4v) is 5.13. The van der Waals surface area contributed by atoms with E-state index < -0.39 is 0 Å². The quantitative estimate of drug-likeness (QED) is 0.720. The summed E-state index contributed by atoms with van der Waals surface area (Å²) in [4.78, 5) is 20.6. The van der Waals surface area contributed by atoms with Crippen molar-refractivity contribution >= 4 is 53.1 Å². The van der Waals surface area contributed by atoms with Gasteiger partial charge in [0, 0.05) is 47.5 Å². The van der Waals surface area contributed by atoms with Crippen LogP contribution < -0.4 is 10.6 Å². The van der Waals surface area contributed by atoms with E-state index in [0.29, 0.717) is 6.54 Å². The lowest BCUT2D eigenvalue weighted by molar-refractivity contribution is -0.119. The predicted molar refractivity (Wildman–Crippen MR) is 123 cm³/mol. The van der Waals surface area contributed by atoms with E-state index in [9.17, 15) is 4.79 Å². The summed E-state index contributed by atoms with van der Waals surface area (Å²) in [6, 6.07) is 14.7. The van der Waals surface area contributed by atoms with Crippen LogP contribution in [0.25, 0.3) is 0 Å². The number of carbonyl (C=O) groups excluding carboxylic acids is 1. The monoisotopic (exact) mass is 452 g/mol. The Morgan fingerprint density at radius 3 is 2.41 bits per heavy atom. The minimum absolute atomic E-state index is 0. The molecule has 1 amide bonds. The van der Waals surface area contributed by atoms with E-state index in [0.717, 1.165) is 50.7 Å². The minimum Gasteiger partial charge on any atom is -0.369 e. The van der Waals surface area contributed by atoms with Gasteiger partial charge in [0.05, 0.1) is 17.9 Å². The third-order valence-corrected chi connectivity index (χ3v) is 6.65. The van der Waals surface area contributed by atoms with Crippen molar-refractivity contribution in [2.45, 2.75) is 16.2 Å². The number of piperazine rings is 1. The van der Waals surface area contributed by atoms with Crippen molar-refractivity contribution in [2.75, 3.05) is 50.7 Å². The molecule has 29 heavy (non-hydrogen) atoms. The molecule has 0 spiro atoms. The topological polar surface area (TPSA) is 52.8 Å². The molecule has 5 nitrogen and oxygen atoms in total. The molecule has 8 heteroatoms. The van der Waals surface area contributed by atoms with Gasteiger partial charge in [0.25, 0.3) is 0 Å². The Bertz CT molecular complexity index is 858. The van der Waals surface area contributed by atoms with E-state index in [1.165, 1.54) is 21.2 Å². The van der Waals surface area contributed by atoms with Crippen LogP contribution in [0.3, 0.4) is 0 Å². The Kier molecular flexibility index (Phi) is 7.71. The largest absolute Gasteiger partial charge is 0.369 e. The van der Waals surface area contributed by atoms with Crippen molar-refractivity contribution in [1.82, 2.24) is 9.80 Å². The first kappa shape index (κ1) is 22.2. The highest BCUT2D eigenvalue weighted by atomic mass is 35.5. The van der Waals surface area contributed by atoms with Gasteiger partial charge in [-0.1, -0.05) is 35.5 Å². The lowest BCUT2D eigenvalue weighted by atomic mass is 10.2. The van der Waals surface area contributed by atoms with Crippen LogP contribution in [-0.4, -0.2) is 61.5 Å². The Labute approximate surface area is 187 Å². The zero-order valence-corrected chi connectivity index (χ0v) is 18.6. The summed E-state index contributed by atoms with van der Waals surface area (Å²) in [6.45, 7) is 6.16. The molecule has 2 aliphatic rings. The third kappa shape index (κ3) is 5.38. The number of nitrogens with two attached hydrogens (primary N) is 1. The summed E-state index contributed by atoms with van der Waals surface area (Å²) in [5, 5.41) is 0.773. The standard InChI is InChI=1S/C21H25ClN4OS.ClH/c22-16-6-7-20-18(14-16)26(17-4-1-2-5-19(17)28-20)9-3-8-24-10-12-25(13-11-24)15-21(23)27;/h1-2,4-7,14H,3,8-13,15H2,(H2,23,27);1H. The van der Waals surface area contributed by atoms with Crippen molar-refractivity contribution in [3.05, 3.63) is 47.5 Å². The molecule has 0 unspecified atom stereocenters. The number of anilines is 2. The lowest BCUT2D eigenvalue weighted by Crippen LogP contribution is -2.49. The number of hydrogen-bond acceptors (Lipinski definition) is 5. The second-order valence-electron chi connectivity index (χ2n) is 7.27. The summed E-state index contributed by atoms with van der Waals surface area (Å²) in [7, 11) is 0. The van der Waals surface area contributed by atoms with Crippen LogP contribution >= 0.6 is 35.8 Å². The molecular formula is C21H26Cl2N4OS. The summed E-state index contributed by atoms with van der Waals surface area (Å²) in [6.07, 6.45) is 1.07. The molecule has 0 aromatic heterocycles. The Morgan fingerprint density at radius 2 is 1.66 bits per heavy atom. The van der Waals surface area contributed by atoms with Gasteiger partial charge in [-0.3, -0.25) is 9.69 Å². The first-order valence-corrected chi connectivity index (χ1v) is 10.9. The molecule has 156 valence electrons. The number of para-hydroxylation sites is 1. The van der Waals surface area contributed by atoms with Crippen LogP contribution in [-0.2, 0) is 4.79 Å². The molecule has 0 radical (unpaired) electrons. The first-order chi connectivity index (χ1) is 13.6. The average molecular weight is 453 g/mol. The fourth-order valence-electron chi connectivity index (χ4n) is 3.89. The number of carbonyl (C=O) groups is 1. The number of hydrogen-bond donors (Lipinski definition) is 1. The van der Waals surface area contributed by atoms with Crippen LogP contribution in [0.1, 0.15) is 6.42 Å². The molecule has 2 heterocycles. The van der Waals surface area contributed by atoms with Crippen molar-refractivity contribution in [1.29, 1.82) is 0 Å². The van der Waals surface area contributed by atoms with E-state index >= 15 is 0 Å². The van der Waals surface area contributed by atoms with Gasteiger partial charge in [-0.15, -0.1) is 12.4 Å². The molecule has 4 rings (SSSR count).